The highest BCUT2D eigenvalue weighted by molar-refractivity contribution is 9.10. The maximum absolute atomic E-state index is 5.40. The summed E-state index contributed by atoms with van der Waals surface area (Å²) < 4.78 is 6.49. The van der Waals surface area contributed by atoms with Gasteiger partial charge in [-0.05, 0) is 43.5 Å². The minimum Gasteiger partial charge on any atom is -0.496 e. The topological polar surface area (TPSA) is 33.3 Å². The zero-order valence-corrected chi connectivity index (χ0v) is 13.3. The Morgan fingerprint density at radius 3 is 2.68 bits per heavy atom. The van der Waals surface area contributed by atoms with E-state index in [0.717, 1.165) is 29.9 Å². The molecule has 0 unspecified atom stereocenters. The molecule has 0 aromatic heterocycles. The van der Waals surface area contributed by atoms with Crippen LogP contribution in [0.2, 0.25) is 0 Å². The van der Waals surface area contributed by atoms with Gasteiger partial charge < -0.3 is 15.4 Å². The molecule has 2 rings (SSSR count). The lowest BCUT2D eigenvalue weighted by atomic mass is 9.68. The highest BCUT2D eigenvalue weighted by Crippen LogP contribution is 2.39. The zero-order valence-electron chi connectivity index (χ0n) is 11.8. The van der Waals surface area contributed by atoms with Gasteiger partial charge >= 0.3 is 0 Å². The Kier molecular flexibility index (Phi) is 5.25. The SMILES string of the molecule is CNCC1(CNCc2cc(Br)ccc2OC)CCC1. The third kappa shape index (κ3) is 3.71. The van der Waals surface area contributed by atoms with E-state index in [0.29, 0.717) is 5.41 Å². The first-order chi connectivity index (χ1) is 9.19. The van der Waals surface area contributed by atoms with E-state index in [1.165, 1.54) is 24.8 Å². The lowest BCUT2D eigenvalue weighted by molar-refractivity contribution is 0.130. The van der Waals surface area contributed by atoms with Crippen LogP contribution in [0.5, 0.6) is 5.75 Å². The van der Waals surface area contributed by atoms with Crippen LogP contribution in [0, 0.1) is 5.41 Å². The van der Waals surface area contributed by atoms with E-state index >= 15 is 0 Å². The number of benzene rings is 1. The number of nitrogens with one attached hydrogen (secondary N) is 2. The van der Waals surface area contributed by atoms with Crippen LogP contribution in [0.4, 0.5) is 0 Å². The molecular weight excluding hydrogens is 304 g/mol. The molecule has 0 amide bonds. The van der Waals surface area contributed by atoms with Gasteiger partial charge in [-0.1, -0.05) is 22.4 Å². The molecule has 106 valence electrons. The minimum absolute atomic E-state index is 0.466. The Bertz CT molecular complexity index is 419. The van der Waals surface area contributed by atoms with Crippen LogP contribution in [0.1, 0.15) is 24.8 Å². The summed E-state index contributed by atoms with van der Waals surface area (Å²) in [5, 5.41) is 6.91. The molecule has 1 fully saturated rings. The van der Waals surface area contributed by atoms with Crippen molar-refractivity contribution in [2.75, 3.05) is 27.2 Å². The van der Waals surface area contributed by atoms with Crippen molar-refractivity contribution in [3.8, 4) is 5.75 Å². The summed E-state index contributed by atoms with van der Waals surface area (Å²) in [6.07, 6.45) is 4.02. The molecule has 2 N–H and O–H groups in total. The number of hydrogen-bond acceptors (Lipinski definition) is 3. The molecular formula is C15H23BrN2O. The Labute approximate surface area is 124 Å². The van der Waals surface area contributed by atoms with Gasteiger partial charge in [-0.3, -0.25) is 0 Å². The fourth-order valence-corrected chi connectivity index (χ4v) is 3.22. The highest BCUT2D eigenvalue weighted by Gasteiger charge is 2.35. The Morgan fingerprint density at radius 2 is 2.11 bits per heavy atom. The van der Waals surface area contributed by atoms with Crippen LogP contribution in [0.3, 0.4) is 0 Å². The summed E-state index contributed by atoms with van der Waals surface area (Å²) in [6.45, 7) is 3.03. The molecule has 0 bridgehead atoms. The van der Waals surface area contributed by atoms with Crippen LogP contribution in [-0.2, 0) is 6.54 Å². The maximum atomic E-state index is 5.40. The van der Waals surface area contributed by atoms with E-state index in [2.05, 4.69) is 32.6 Å². The first-order valence-corrected chi connectivity index (χ1v) is 7.66. The number of methoxy groups -OCH3 is 1. The van der Waals surface area contributed by atoms with Gasteiger partial charge in [0.05, 0.1) is 7.11 Å². The molecule has 0 saturated heterocycles. The third-order valence-electron chi connectivity index (χ3n) is 4.02. The normalized spacial score (nSPS) is 17.0. The van der Waals surface area contributed by atoms with Gasteiger partial charge in [0, 0.05) is 29.7 Å². The molecule has 3 nitrogen and oxygen atoms in total. The molecule has 1 aromatic carbocycles. The highest BCUT2D eigenvalue weighted by atomic mass is 79.9. The summed E-state index contributed by atoms with van der Waals surface area (Å²) >= 11 is 3.51. The van der Waals surface area contributed by atoms with E-state index in [9.17, 15) is 0 Å². The average molecular weight is 327 g/mol. The van der Waals surface area contributed by atoms with Gasteiger partial charge in [-0.2, -0.15) is 0 Å². The van der Waals surface area contributed by atoms with E-state index < -0.39 is 0 Å². The van der Waals surface area contributed by atoms with Crippen molar-refractivity contribution in [3.05, 3.63) is 28.2 Å². The third-order valence-corrected chi connectivity index (χ3v) is 4.52. The first-order valence-electron chi connectivity index (χ1n) is 6.87. The number of hydrogen-bond donors (Lipinski definition) is 2. The summed E-state index contributed by atoms with van der Waals surface area (Å²) in [5.41, 5.74) is 1.67. The molecule has 1 aliphatic carbocycles. The van der Waals surface area contributed by atoms with E-state index in [1.807, 2.05) is 19.2 Å². The largest absolute Gasteiger partial charge is 0.496 e. The molecule has 1 aliphatic rings. The van der Waals surface area contributed by atoms with Crippen LogP contribution in [-0.4, -0.2) is 27.2 Å². The lowest BCUT2D eigenvalue weighted by Gasteiger charge is -2.42. The zero-order chi connectivity index (χ0) is 13.7. The molecule has 0 radical (unpaired) electrons. The molecule has 1 saturated carbocycles. The fourth-order valence-electron chi connectivity index (χ4n) is 2.82. The van der Waals surface area contributed by atoms with Crippen molar-refractivity contribution in [2.45, 2.75) is 25.8 Å². The van der Waals surface area contributed by atoms with Gasteiger partial charge in [0.1, 0.15) is 5.75 Å². The molecule has 0 spiro atoms. The number of rotatable bonds is 7. The predicted molar refractivity (Wildman–Crippen MR) is 82.6 cm³/mol. The van der Waals surface area contributed by atoms with Gasteiger partial charge in [-0.25, -0.2) is 0 Å². The molecule has 0 atom stereocenters. The van der Waals surface area contributed by atoms with Crippen LogP contribution in [0.25, 0.3) is 0 Å². The second-order valence-corrected chi connectivity index (χ2v) is 6.36. The minimum atomic E-state index is 0.466. The molecule has 4 heteroatoms. The van der Waals surface area contributed by atoms with Crippen molar-refractivity contribution in [1.29, 1.82) is 0 Å². The molecule has 0 heterocycles. The van der Waals surface area contributed by atoms with Gasteiger partial charge in [0.25, 0.3) is 0 Å². The van der Waals surface area contributed by atoms with Gasteiger partial charge in [0.2, 0.25) is 0 Å². The Morgan fingerprint density at radius 1 is 1.32 bits per heavy atom. The van der Waals surface area contributed by atoms with Crippen LogP contribution >= 0.6 is 15.9 Å². The first kappa shape index (κ1) is 14.8. The lowest BCUT2D eigenvalue weighted by Crippen LogP contribution is -2.46. The number of halogens is 1. The van der Waals surface area contributed by atoms with Crippen molar-refractivity contribution < 1.29 is 4.74 Å². The molecule has 1 aromatic rings. The molecule has 0 aliphatic heterocycles. The van der Waals surface area contributed by atoms with E-state index in [1.54, 1.807) is 7.11 Å². The van der Waals surface area contributed by atoms with Crippen LogP contribution < -0.4 is 15.4 Å². The summed E-state index contributed by atoms with van der Waals surface area (Å²) in [4.78, 5) is 0. The Balaban J connectivity index is 1.90. The summed E-state index contributed by atoms with van der Waals surface area (Å²) in [6, 6.07) is 6.14. The van der Waals surface area contributed by atoms with Crippen molar-refractivity contribution in [2.24, 2.45) is 5.41 Å². The quantitative estimate of drug-likeness (QED) is 0.808. The van der Waals surface area contributed by atoms with Gasteiger partial charge in [-0.15, -0.1) is 0 Å². The maximum Gasteiger partial charge on any atom is 0.123 e. The fraction of sp³-hybridized carbons (Fsp3) is 0.600. The summed E-state index contributed by atoms with van der Waals surface area (Å²) in [5.74, 6) is 0.951. The van der Waals surface area contributed by atoms with Crippen molar-refractivity contribution in [3.63, 3.8) is 0 Å². The van der Waals surface area contributed by atoms with Crippen LogP contribution in [0.15, 0.2) is 22.7 Å². The smallest absolute Gasteiger partial charge is 0.123 e. The summed E-state index contributed by atoms with van der Waals surface area (Å²) in [7, 11) is 3.76. The Hall–Kier alpha value is -0.580. The van der Waals surface area contributed by atoms with E-state index in [4.69, 9.17) is 4.74 Å². The second-order valence-electron chi connectivity index (χ2n) is 5.44. The second kappa shape index (κ2) is 6.73. The predicted octanol–water partition coefficient (Wildman–Crippen LogP) is 2.94. The van der Waals surface area contributed by atoms with E-state index in [-0.39, 0.29) is 0 Å². The number of ether oxygens (including phenoxy) is 1. The van der Waals surface area contributed by atoms with Crippen molar-refractivity contribution in [1.82, 2.24) is 10.6 Å². The monoisotopic (exact) mass is 326 g/mol. The standard InChI is InChI=1S/C15H23BrN2O/c1-17-10-15(6-3-7-15)11-18-9-12-8-13(16)4-5-14(12)19-2/h4-5,8,17-18H,3,6-7,9-11H2,1-2H3. The average Bonchev–Trinajstić information content (AvgIpc) is 2.36. The molecule has 19 heavy (non-hydrogen) atoms. The van der Waals surface area contributed by atoms with Gasteiger partial charge in [0.15, 0.2) is 0 Å². The van der Waals surface area contributed by atoms with Crippen molar-refractivity contribution >= 4 is 15.9 Å².